The maximum atomic E-state index is 12.2. The lowest BCUT2D eigenvalue weighted by molar-refractivity contribution is -0.139. The van der Waals surface area contributed by atoms with Gasteiger partial charge in [-0.1, -0.05) is 26.7 Å². The molecule has 1 unspecified atom stereocenters. The van der Waals surface area contributed by atoms with Crippen molar-refractivity contribution in [2.45, 2.75) is 76.5 Å². The molecule has 3 aliphatic rings. The lowest BCUT2D eigenvalue weighted by Crippen LogP contribution is -2.52. The van der Waals surface area contributed by atoms with E-state index in [-0.39, 0.29) is 17.4 Å². The van der Waals surface area contributed by atoms with Crippen molar-refractivity contribution in [3.05, 3.63) is 11.9 Å². The van der Waals surface area contributed by atoms with Crippen molar-refractivity contribution in [1.29, 1.82) is 0 Å². The lowest BCUT2D eigenvalue weighted by atomic mass is 9.83. The van der Waals surface area contributed by atoms with E-state index in [2.05, 4.69) is 5.10 Å². The van der Waals surface area contributed by atoms with Crippen LogP contribution in [-0.4, -0.2) is 44.4 Å². The molecule has 1 aliphatic carbocycles. The van der Waals surface area contributed by atoms with Crippen molar-refractivity contribution in [2.75, 3.05) is 13.1 Å². The molecule has 0 bridgehead atoms. The van der Waals surface area contributed by atoms with Crippen LogP contribution < -0.4 is 4.74 Å². The van der Waals surface area contributed by atoms with Crippen molar-refractivity contribution in [2.24, 2.45) is 5.92 Å². The molecule has 1 aromatic rings. The molecule has 1 aromatic heterocycles. The number of amides is 1. The molecule has 1 saturated carbocycles. The molecule has 0 radical (unpaired) electrons. The van der Waals surface area contributed by atoms with E-state index in [4.69, 9.17) is 4.74 Å². The van der Waals surface area contributed by atoms with Crippen LogP contribution in [0.4, 0.5) is 0 Å². The molecular weight excluding hydrogens is 318 g/mol. The zero-order valence-corrected chi connectivity index (χ0v) is 15.3. The van der Waals surface area contributed by atoms with Gasteiger partial charge in [-0.25, -0.2) is 0 Å². The van der Waals surface area contributed by atoms with Crippen molar-refractivity contribution in [3.63, 3.8) is 0 Å². The Balaban J connectivity index is 1.49. The summed E-state index contributed by atoms with van der Waals surface area (Å²) in [6.07, 6.45) is 8.37. The van der Waals surface area contributed by atoms with E-state index in [9.17, 15) is 9.90 Å². The fourth-order valence-corrected chi connectivity index (χ4v) is 4.58. The van der Waals surface area contributed by atoms with E-state index < -0.39 is 6.10 Å². The summed E-state index contributed by atoms with van der Waals surface area (Å²) in [5, 5.41) is 15.3. The number of aliphatic hydroxyl groups is 1. The first-order chi connectivity index (χ1) is 12.0. The van der Waals surface area contributed by atoms with Crippen LogP contribution >= 0.6 is 0 Å². The highest BCUT2D eigenvalue weighted by molar-refractivity contribution is 5.78. The number of nitrogens with zero attached hydrogens (tertiary/aromatic N) is 3. The SMILES string of the molecule is CC(C)C(=O)N1CCC2(CC1)CC(O)c1nn(C3CCCC3)cc1O2. The molecular formula is C19H29N3O3. The van der Waals surface area contributed by atoms with Gasteiger partial charge in [0.05, 0.1) is 12.2 Å². The number of aromatic nitrogens is 2. The molecule has 1 atom stereocenters. The topological polar surface area (TPSA) is 67.6 Å². The largest absolute Gasteiger partial charge is 0.483 e. The van der Waals surface area contributed by atoms with Gasteiger partial charge in [-0.2, -0.15) is 5.10 Å². The fraction of sp³-hybridized carbons (Fsp3) is 0.789. The minimum Gasteiger partial charge on any atom is -0.483 e. The van der Waals surface area contributed by atoms with E-state index in [1.807, 2.05) is 29.6 Å². The number of ether oxygens (including phenoxy) is 1. The number of rotatable bonds is 2. The van der Waals surface area contributed by atoms with Gasteiger partial charge in [0.25, 0.3) is 0 Å². The van der Waals surface area contributed by atoms with E-state index in [0.29, 0.717) is 31.2 Å². The third-order valence-corrected chi connectivity index (χ3v) is 6.11. The second-order valence-electron chi connectivity index (χ2n) is 8.28. The number of aliphatic hydroxyl groups excluding tert-OH is 1. The smallest absolute Gasteiger partial charge is 0.225 e. The zero-order chi connectivity index (χ0) is 17.6. The highest BCUT2D eigenvalue weighted by atomic mass is 16.5. The van der Waals surface area contributed by atoms with Gasteiger partial charge in [0.2, 0.25) is 5.91 Å². The zero-order valence-electron chi connectivity index (χ0n) is 15.3. The summed E-state index contributed by atoms with van der Waals surface area (Å²) >= 11 is 0. The Morgan fingerprint density at radius 1 is 1.32 bits per heavy atom. The summed E-state index contributed by atoms with van der Waals surface area (Å²) < 4.78 is 8.39. The van der Waals surface area contributed by atoms with Gasteiger partial charge in [0, 0.05) is 38.3 Å². The van der Waals surface area contributed by atoms with Crippen LogP contribution in [0.15, 0.2) is 6.20 Å². The lowest BCUT2D eigenvalue weighted by Gasteiger charge is -2.45. The van der Waals surface area contributed by atoms with Crippen LogP contribution in [0.1, 0.15) is 76.6 Å². The normalized spacial score (nSPS) is 26.1. The van der Waals surface area contributed by atoms with Crippen LogP contribution in [0.2, 0.25) is 0 Å². The first kappa shape index (κ1) is 16.9. The van der Waals surface area contributed by atoms with E-state index in [1.54, 1.807) is 0 Å². The average molecular weight is 347 g/mol. The van der Waals surface area contributed by atoms with E-state index >= 15 is 0 Å². The molecule has 1 amide bonds. The van der Waals surface area contributed by atoms with Gasteiger partial charge in [-0.05, 0) is 12.8 Å². The first-order valence-electron chi connectivity index (χ1n) is 9.72. The summed E-state index contributed by atoms with van der Waals surface area (Å²) in [7, 11) is 0. The van der Waals surface area contributed by atoms with Crippen LogP contribution in [0.3, 0.4) is 0 Å². The number of carbonyl (C=O) groups excluding carboxylic acids is 1. The second kappa shape index (κ2) is 6.31. The number of likely N-dealkylation sites (tertiary alicyclic amines) is 1. The summed E-state index contributed by atoms with van der Waals surface area (Å²) in [4.78, 5) is 14.1. The van der Waals surface area contributed by atoms with Crippen molar-refractivity contribution in [1.82, 2.24) is 14.7 Å². The Morgan fingerprint density at radius 3 is 2.64 bits per heavy atom. The third-order valence-electron chi connectivity index (χ3n) is 6.11. The van der Waals surface area contributed by atoms with Crippen molar-refractivity contribution in [3.8, 4) is 5.75 Å². The molecule has 2 fully saturated rings. The van der Waals surface area contributed by atoms with Crippen LogP contribution in [-0.2, 0) is 4.79 Å². The Morgan fingerprint density at radius 2 is 2.00 bits per heavy atom. The Kier molecular flexibility index (Phi) is 4.26. The fourth-order valence-electron chi connectivity index (χ4n) is 4.58. The molecule has 1 saturated heterocycles. The first-order valence-corrected chi connectivity index (χ1v) is 9.72. The van der Waals surface area contributed by atoms with Gasteiger partial charge >= 0.3 is 0 Å². The average Bonchev–Trinajstić information content (AvgIpc) is 3.23. The van der Waals surface area contributed by atoms with Crippen LogP contribution in [0.25, 0.3) is 0 Å². The van der Waals surface area contributed by atoms with Crippen LogP contribution in [0, 0.1) is 5.92 Å². The molecule has 6 nitrogen and oxygen atoms in total. The Bertz CT molecular complexity index is 640. The maximum absolute atomic E-state index is 12.2. The molecule has 138 valence electrons. The summed E-state index contributed by atoms with van der Waals surface area (Å²) in [5.74, 6) is 0.985. The predicted molar refractivity (Wildman–Crippen MR) is 93.3 cm³/mol. The minimum atomic E-state index is -0.571. The van der Waals surface area contributed by atoms with E-state index in [0.717, 1.165) is 31.4 Å². The number of carbonyl (C=O) groups is 1. The number of piperidine rings is 1. The molecule has 6 heteroatoms. The van der Waals surface area contributed by atoms with Crippen molar-refractivity contribution < 1.29 is 14.6 Å². The van der Waals surface area contributed by atoms with Gasteiger partial charge in [0.15, 0.2) is 5.75 Å². The molecule has 0 aromatic carbocycles. The van der Waals surface area contributed by atoms with Crippen LogP contribution in [0.5, 0.6) is 5.75 Å². The molecule has 1 spiro atoms. The standard InChI is InChI=1S/C19H29N3O3/c1-13(2)18(24)21-9-7-19(8-10-21)11-15(23)17-16(25-19)12-22(20-17)14-5-3-4-6-14/h12-15,23H,3-11H2,1-2H3. The molecule has 1 N–H and O–H groups in total. The van der Waals surface area contributed by atoms with Crippen molar-refractivity contribution >= 4 is 5.91 Å². The molecule has 4 rings (SSSR count). The number of hydrogen-bond acceptors (Lipinski definition) is 4. The second-order valence-corrected chi connectivity index (χ2v) is 8.28. The quantitative estimate of drug-likeness (QED) is 0.893. The maximum Gasteiger partial charge on any atom is 0.225 e. The monoisotopic (exact) mass is 347 g/mol. The number of hydrogen-bond donors (Lipinski definition) is 1. The summed E-state index contributed by atoms with van der Waals surface area (Å²) in [6.45, 7) is 5.29. The van der Waals surface area contributed by atoms with Gasteiger partial charge in [-0.15, -0.1) is 0 Å². The minimum absolute atomic E-state index is 0.0307. The van der Waals surface area contributed by atoms with Gasteiger partial charge in [0.1, 0.15) is 17.4 Å². The highest BCUT2D eigenvalue weighted by Crippen LogP contribution is 2.44. The molecule has 25 heavy (non-hydrogen) atoms. The summed E-state index contributed by atoms with van der Waals surface area (Å²) in [5.41, 5.74) is 0.335. The molecule has 3 heterocycles. The number of fused-ring (bicyclic) bond motifs is 1. The molecule has 2 aliphatic heterocycles. The van der Waals surface area contributed by atoms with E-state index in [1.165, 1.54) is 12.8 Å². The highest BCUT2D eigenvalue weighted by Gasteiger charge is 2.45. The Labute approximate surface area is 149 Å². The third kappa shape index (κ3) is 3.05. The predicted octanol–water partition coefficient (Wildman–Crippen LogP) is 2.83. The van der Waals surface area contributed by atoms with Gasteiger partial charge < -0.3 is 14.7 Å². The van der Waals surface area contributed by atoms with Gasteiger partial charge in [-0.3, -0.25) is 9.48 Å². The summed E-state index contributed by atoms with van der Waals surface area (Å²) in [6, 6.07) is 0.447. The Hall–Kier alpha value is -1.56.